The zero-order valence-corrected chi connectivity index (χ0v) is 29.9. The first kappa shape index (κ1) is 31.9. The quantitative estimate of drug-likeness (QED) is 0.172. The van der Waals surface area contributed by atoms with Gasteiger partial charge in [0.2, 0.25) is 0 Å². The van der Waals surface area contributed by atoms with E-state index in [-0.39, 0.29) is 5.41 Å². The van der Waals surface area contributed by atoms with Gasteiger partial charge in [-0.2, -0.15) is 0 Å². The number of methoxy groups -OCH3 is 1. The number of morpholine rings is 1. The molecule has 4 heteroatoms. The molecule has 5 aromatic rings. The smallest absolute Gasteiger partial charge is 0.174 e. The maximum Gasteiger partial charge on any atom is 0.174 e. The van der Waals surface area contributed by atoms with Gasteiger partial charge >= 0.3 is 0 Å². The normalized spacial score (nSPS) is 20.0. The van der Waals surface area contributed by atoms with Crippen molar-refractivity contribution in [2.45, 2.75) is 50.5 Å². The van der Waals surface area contributed by atoms with Gasteiger partial charge in [-0.05, 0) is 94.3 Å². The molecule has 0 bridgehead atoms. The summed E-state index contributed by atoms with van der Waals surface area (Å²) in [6.45, 7) is 7.81. The maximum absolute atomic E-state index is 7.66. The van der Waals surface area contributed by atoms with Gasteiger partial charge in [0.15, 0.2) is 5.60 Å². The van der Waals surface area contributed by atoms with Crippen LogP contribution in [0.25, 0.3) is 39.1 Å². The molecular formula is C47H45NO3. The van der Waals surface area contributed by atoms with Crippen LogP contribution in [0.2, 0.25) is 0 Å². The van der Waals surface area contributed by atoms with E-state index in [1.165, 1.54) is 49.9 Å². The molecule has 4 nitrogen and oxygen atoms in total. The Morgan fingerprint density at radius 2 is 1.59 bits per heavy atom. The van der Waals surface area contributed by atoms with Crippen LogP contribution in [0.4, 0.5) is 5.69 Å². The molecule has 1 fully saturated rings. The average molecular weight is 672 g/mol. The summed E-state index contributed by atoms with van der Waals surface area (Å²) >= 11 is 0. The third-order valence-electron chi connectivity index (χ3n) is 12.0. The molecule has 0 amide bonds. The molecule has 0 spiro atoms. The number of nitrogens with zero attached hydrogens (tertiary/aromatic N) is 1. The molecule has 1 atom stereocenters. The molecule has 0 saturated carbocycles. The topological polar surface area (TPSA) is 30.9 Å². The molecule has 1 saturated heterocycles. The first-order valence-corrected chi connectivity index (χ1v) is 18.7. The number of fused-ring (bicyclic) bond motifs is 8. The van der Waals surface area contributed by atoms with E-state index in [0.29, 0.717) is 13.2 Å². The van der Waals surface area contributed by atoms with E-state index in [2.05, 4.69) is 140 Å². The molecule has 0 aromatic heterocycles. The fourth-order valence-electron chi connectivity index (χ4n) is 9.35. The summed E-state index contributed by atoms with van der Waals surface area (Å²) in [4.78, 5) is 2.42. The third kappa shape index (κ3) is 4.83. The second kappa shape index (κ2) is 12.6. The molecule has 51 heavy (non-hydrogen) atoms. The summed E-state index contributed by atoms with van der Waals surface area (Å²) in [6.07, 6.45) is 15.4. The van der Waals surface area contributed by atoms with Gasteiger partial charge in [-0.3, -0.25) is 0 Å². The van der Waals surface area contributed by atoms with E-state index in [9.17, 15) is 0 Å². The van der Waals surface area contributed by atoms with Gasteiger partial charge in [0, 0.05) is 35.0 Å². The lowest BCUT2D eigenvalue weighted by atomic mass is 9.70. The minimum Gasteiger partial charge on any atom is -0.495 e. The number of ether oxygens (including phenoxy) is 3. The lowest BCUT2D eigenvalue weighted by Gasteiger charge is -2.41. The van der Waals surface area contributed by atoms with E-state index >= 15 is 0 Å². The molecule has 4 aliphatic rings. The Morgan fingerprint density at radius 1 is 0.824 bits per heavy atom. The minimum absolute atomic E-state index is 0.180. The highest BCUT2D eigenvalue weighted by molar-refractivity contribution is 6.10. The van der Waals surface area contributed by atoms with Crippen LogP contribution in [-0.4, -0.2) is 33.4 Å². The van der Waals surface area contributed by atoms with Gasteiger partial charge in [-0.25, -0.2) is 0 Å². The van der Waals surface area contributed by atoms with Crippen molar-refractivity contribution in [3.8, 4) is 33.8 Å². The van der Waals surface area contributed by atoms with Crippen LogP contribution in [0, 0.1) is 0 Å². The highest BCUT2D eigenvalue weighted by Crippen LogP contribution is 2.61. The van der Waals surface area contributed by atoms with Crippen molar-refractivity contribution < 1.29 is 14.2 Å². The van der Waals surface area contributed by atoms with Gasteiger partial charge in [0.05, 0.1) is 26.0 Å². The Hall–Kier alpha value is -5.06. The average Bonchev–Trinajstić information content (AvgIpc) is 3.51. The number of allylic oxidation sites excluding steroid dienone is 3. The lowest BCUT2D eigenvalue weighted by Crippen LogP contribution is -2.37. The van der Waals surface area contributed by atoms with E-state index < -0.39 is 5.60 Å². The van der Waals surface area contributed by atoms with Crippen molar-refractivity contribution in [2.75, 3.05) is 38.3 Å². The number of hydrogen-bond donors (Lipinski definition) is 0. The lowest BCUT2D eigenvalue weighted by molar-refractivity contribution is 0.122. The molecule has 0 N–H and O–H groups in total. The zero-order valence-electron chi connectivity index (χ0n) is 29.9. The fraction of sp³-hybridized carbons (Fsp3) is 0.277. The molecule has 2 heterocycles. The third-order valence-corrected chi connectivity index (χ3v) is 12.0. The Bertz CT molecular complexity index is 2220. The van der Waals surface area contributed by atoms with Crippen molar-refractivity contribution in [1.29, 1.82) is 0 Å². The van der Waals surface area contributed by atoms with Gasteiger partial charge in [0.25, 0.3) is 0 Å². The molecule has 256 valence electrons. The van der Waals surface area contributed by atoms with Crippen molar-refractivity contribution in [1.82, 2.24) is 0 Å². The molecule has 2 aliphatic heterocycles. The Balaban J connectivity index is 1.37. The van der Waals surface area contributed by atoms with Crippen LogP contribution in [-0.2, 0) is 15.8 Å². The predicted octanol–water partition coefficient (Wildman–Crippen LogP) is 11.0. The second-order valence-electron chi connectivity index (χ2n) is 14.3. The Labute approximate surface area is 301 Å². The van der Waals surface area contributed by atoms with Crippen LogP contribution < -0.4 is 14.4 Å². The molecule has 0 radical (unpaired) electrons. The maximum atomic E-state index is 7.66. The van der Waals surface area contributed by atoms with Gasteiger partial charge in [0.1, 0.15) is 11.5 Å². The first-order chi connectivity index (χ1) is 25.1. The van der Waals surface area contributed by atoms with Crippen LogP contribution in [0.3, 0.4) is 0 Å². The predicted molar refractivity (Wildman–Crippen MR) is 210 cm³/mol. The van der Waals surface area contributed by atoms with E-state index in [1.54, 1.807) is 7.11 Å². The Morgan fingerprint density at radius 3 is 2.29 bits per heavy atom. The summed E-state index contributed by atoms with van der Waals surface area (Å²) in [7, 11) is 1.79. The minimum atomic E-state index is -0.719. The summed E-state index contributed by atoms with van der Waals surface area (Å²) in [5.41, 5.74) is 11.8. The largest absolute Gasteiger partial charge is 0.495 e. The Kier molecular flexibility index (Phi) is 7.89. The number of hydrogen-bond acceptors (Lipinski definition) is 4. The van der Waals surface area contributed by atoms with Gasteiger partial charge < -0.3 is 19.1 Å². The second-order valence-corrected chi connectivity index (χ2v) is 14.3. The van der Waals surface area contributed by atoms with Crippen molar-refractivity contribution >= 4 is 22.5 Å². The summed E-state index contributed by atoms with van der Waals surface area (Å²) in [5, 5.41) is 2.31. The fourth-order valence-corrected chi connectivity index (χ4v) is 9.35. The molecule has 2 aliphatic carbocycles. The molecule has 5 aromatic carbocycles. The summed E-state index contributed by atoms with van der Waals surface area (Å²) in [5.74, 6) is 1.81. The molecular weight excluding hydrogens is 627 g/mol. The van der Waals surface area contributed by atoms with Crippen molar-refractivity contribution in [3.63, 3.8) is 0 Å². The number of rotatable bonds is 7. The summed E-state index contributed by atoms with van der Waals surface area (Å²) in [6, 6.07) is 33.4. The van der Waals surface area contributed by atoms with Crippen molar-refractivity contribution in [2.24, 2.45) is 0 Å². The van der Waals surface area contributed by atoms with Crippen LogP contribution in [0.1, 0.15) is 61.8 Å². The highest BCUT2D eigenvalue weighted by atomic mass is 16.5. The first-order valence-electron chi connectivity index (χ1n) is 18.7. The van der Waals surface area contributed by atoms with Crippen LogP contribution in [0.15, 0.2) is 121 Å². The van der Waals surface area contributed by atoms with E-state index in [1.807, 2.05) is 0 Å². The molecule has 1 unspecified atom stereocenters. The van der Waals surface area contributed by atoms with Crippen molar-refractivity contribution in [3.05, 3.63) is 143 Å². The highest BCUT2D eigenvalue weighted by Gasteiger charge is 2.47. The van der Waals surface area contributed by atoms with Crippen LogP contribution >= 0.6 is 0 Å². The van der Waals surface area contributed by atoms with E-state index in [0.717, 1.165) is 66.9 Å². The SMILES string of the molecule is CCC1(CC)c2cc(-c3ccccc3)ccc2-c2c1c1c(c3cc(OC)c(N4CCOCC4)cc23)OC(C2=CC=CCC2)(c2ccccc2)C=C1. The number of benzene rings is 5. The molecule has 9 rings (SSSR count). The van der Waals surface area contributed by atoms with E-state index in [4.69, 9.17) is 14.2 Å². The number of anilines is 1. The van der Waals surface area contributed by atoms with Crippen LogP contribution in [0.5, 0.6) is 11.5 Å². The monoisotopic (exact) mass is 671 g/mol. The van der Waals surface area contributed by atoms with Gasteiger partial charge in [-0.15, -0.1) is 0 Å². The summed E-state index contributed by atoms with van der Waals surface area (Å²) < 4.78 is 19.7. The standard InChI is InChI=1S/C47H45NO3/c1-4-46(5-2)40-29-33(32-15-9-6-10-16-32)21-22-36(40)43-38-30-41(48-25-27-50-28-26-48)42(49-3)31-39(38)45-37(44(43)46)23-24-47(51-45,34-17-11-7-12-18-34)35-19-13-8-14-20-35/h6-13,15-19,21-24,29-31H,4-5,14,20,25-28H2,1-3H3. The zero-order chi connectivity index (χ0) is 34.6. The van der Waals surface area contributed by atoms with Gasteiger partial charge in [-0.1, -0.05) is 111 Å².